The predicted molar refractivity (Wildman–Crippen MR) is 118 cm³/mol. The van der Waals surface area contributed by atoms with Crippen LogP contribution in [0.1, 0.15) is 16.1 Å². The van der Waals surface area contributed by atoms with Gasteiger partial charge < -0.3 is 4.57 Å². The fourth-order valence-corrected chi connectivity index (χ4v) is 4.62. The molecule has 0 aliphatic heterocycles. The standard InChI is InChI=1S/C24H19N4S.Ir/c1-15-11-20(18-7-5-4-6-8-18)12-16(2)23(15)28-14-25-27-24(28)19-9-10-22-21(13-19)26-17(3)29-22;/h4-8,10-14H,1-3H3;/q-1;. The van der Waals surface area contributed by atoms with Gasteiger partial charge in [0.2, 0.25) is 0 Å². The van der Waals surface area contributed by atoms with Crippen molar-refractivity contribution in [2.45, 2.75) is 20.8 Å². The maximum Gasteiger partial charge on any atom is 0.114 e. The van der Waals surface area contributed by atoms with E-state index in [1.165, 1.54) is 22.3 Å². The van der Waals surface area contributed by atoms with Gasteiger partial charge in [-0.15, -0.1) is 28.9 Å². The Morgan fingerprint density at radius 3 is 2.40 bits per heavy atom. The first-order valence-corrected chi connectivity index (χ1v) is 10.3. The molecule has 0 aliphatic carbocycles. The third kappa shape index (κ3) is 3.63. The molecule has 0 atom stereocenters. The minimum Gasteiger partial charge on any atom is -0.322 e. The number of rotatable bonds is 3. The van der Waals surface area contributed by atoms with Gasteiger partial charge in [0.05, 0.1) is 10.8 Å². The first-order chi connectivity index (χ1) is 14.1. The largest absolute Gasteiger partial charge is 0.322 e. The number of aromatic nitrogens is 4. The summed E-state index contributed by atoms with van der Waals surface area (Å²) in [5, 5.41) is 9.65. The van der Waals surface area contributed by atoms with E-state index in [2.05, 4.69) is 76.1 Å². The molecular weight excluding hydrogens is 569 g/mol. The zero-order valence-corrected chi connectivity index (χ0v) is 20.0. The summed E-state index contributed by atoms with van der Waals surface area (Å²) in [6.45, 7) is 6.29. The van der Waals surface area contributed by atoms with Crippen LogP contribution in [-0.2, 0) is 20.1 Å². The second-order valence-electron chi connectivity index (χ2n) is 7.18. The quantitative estimate of drug-likeness (QED) is 0.246. The number of hydrogen-bond donors (Lipinski definition) is 0. The number of benzene rings is 3. The zero-order chi connectivity index (χ0) is 20.0. The molecule has 0 saturated heterocycles. The predicted octanol–water partition coefficient (Wildman–Crippen LogP) is 5.93. The van der Waals surface area contributed by atoms with Crippen LogP contribution in [0.15, 0.2) is 60.9 Å². The van der Waals surface area contributed by atoms with E-state index < -0.39 is 0 Å². The molecule has 1 radical (unpaired) electrons. The van der Waals surface area contributed by atoms with Crippen molar-refractivity contribution in [3.8, 4) is 28.2 Å². The minimum atomic E-state index is 0. The summed E-state index contributed by atoms with van der Waals surface area (Å²) < 4.78 is 3.19. The van der Waals surface area contributed by atoms with Crippen LogP contribution in [0.4, 0.5) is 0 Å². The van der Waals surface area contributed by atoms with Gasteiger partial charge in [0.1, 0.15) is 6.33 Å². The first kappa shape index (κ1) is 20.6. The molecule has 0 fully saturated rings. The van der Waals surface area contributed by atoms with Crippen LogP contribution in [0.3, 0.4) is 0 Å². The first-order valence-electron chi connectivity index (χ1n) is 9.46. The van der Waals surface area contributed by atoms with Crippen molar-refractivity contribution in [1.29, 1.82) is 0 Å². The topological polar surface area (TPSA) is 43.6 Å². The van der Waals surface area contributed by atoms with E-state index in [1.54, 1.807) is 17.7 Å². The molecular formula is C24H19IrN4S-. The van der Waals surface area contributed by atoms with Gasteiger partial charge in [0.25, 0.3) is 0 Å². The Kier molecular flexibility index (Phi) is 5.65. The summed E-state index contributed by atoms with van der Waals surface area (Å²) in [5.74, 6) is 0.774. The maximum absolute atomic E-state index is 4.61. The summed E-state index contributed by atoms with van der Waals surface area (Å²) in [7, 11) is 0. The van der Waals surface area contributed by atoms with Gasteiger partial charge in [-0.05, 0) is 65.4 Å². The second-order valence-corrected chi connectivity index (χ2v) is 8.41. The average molecular weight is 588 g/mol. The van der Waals surface area contributed by atoms with Gasteiger partial charge in [0, 0.05) is 25.8 Å². The summed E-state index contributed by atoms with van der Waals surface area (Å²) in [5.41, 5.74) is 7.75. The minimum absolute atomic E-state index is 0. The molecule has 0 saturated carbocycles. The van der Waals surface area contributed by atoms with Gasteiger partial charge in [-0.1, -0.05) is 30.3 Å². The van der Waals surface area contributed by atoms with E-state index in [0.717, 1.165) is 32.3 Å². The monoisotopic (exact) mass is 588 g/mol. The van der Waals surface area contributed by atoms with E-state index in [0.29, 0.717) is 0 Å². The number of thiazole rings is 1. The van der Waals surface area contributed by atoms with Gasteiger partial charge in [-0.3, -0.25) is 4.98 Å². The molecule has 2 aromatic heterocycles. The van der Waals surface area contributed by atoms with Crippen molar-refractivity contribution < 1.29 is 20.1 Å². The Hall–Kier alpha value is -2.66. The maximum atomic E-state index is 4.61. The Labute approximate surface area is 193 Å². The molecule has 0 spiro atoms. The molecule has 0 unspecified atom stereocenters. The van der Waals surface area contributed by atoms with Crippen LogP contribution >= 0.6 is 11.3 Å². The van der Waals surface area contributed by atoms with Crippen LogP contribution in [0.5, 0.6) is 0 Å². The van der Waals surface area contributed by atoms with Crippen molar-refractivity contribution >= 4 is 21.6 Å². The van der Waals surface area contributed by atoms with Crippen LogP contribution < -0.4 is 0 Å². The van der Waals surface area contributed by atoms with Gasteiger partial charge >= 0.3 is 0 Å². The molecule has 151 valence electrons. The molecule has 2 heterocycles. The van der Waals surface area contributed by atoms with E-state index in [-0.39, 0.29) is 20.1 Å². The Balaban J connectivity index is 0.00000218. The number of aryl methyl sites for hydroxylation is 3. The fourth-order valence-electron chi connectivity index (χ4n) is 3.83. The van der Waals surface area contributed by atoms with Gasteiger partial charge in [-0.2, -0.15) is 16.4 Å². The normalized spacial score (nSPS) is 10.9. The zero-order valence-electron chi connectivity index (χ0n) is 16.8. The summed E-state index contributed by atoms with van der Waals surface area (Å²) in [6.07, 6.45) is 1.77. The van der Waals surface area contributed by atoms with Gasteiger partial charge in [-0.25, -0.2) is 0 Å². The molecule has 6 heteroatoms. The second kappa shape index (κ2) is 8.23. The van der Waals surface area contributed by atoms with E-state index in [9.17, 15) is 0 Å². The molecule has 30 heavy (non-hydrogen) atoms. The summed E-state index contributed by atoms with van der Waals surface area (Å²) in [4.78, 5) is 4.61. The Morgan fingerprint density at radius 1 is 0.933 bits per heavy atom. The van der Waals surface area contributed by atoms with Crippen LogP contribution in [0.25, 0.3) is 38.4 Å². The van der Waals surface area contributed by atoms with E-state index in [4.69, 9.17) is 0 Å². The van der Waals surface area contributed by atoms with Crippen LogP contribution in [0, 0.1) is 26.8 Å². The van der Waals surface area contributed by atoms with Crippen molar-refractivity contribution in [3.63, 3.8) is 0 Å². The van der Waals surface area contributed by atoms with E-state index in [1.807, 2.05) is 25.1 Å². The number of fused-ring (bicyclic) bond motifs is 1. The number of nitrogens with zero attached hydrogens (tertiary/aromatic N) is 4. The van der Waals surface area contributed by atoms with Crippen molar-refractivity contribution in [2.75, 3.05) is 0 Å². The number of hydrogen-bond acceptors (Lipinski definition) is 4. The Bertz CT molecular complexity index is 1320. The van der Waals surface area contributed by atoms with Gasteiger partial charge in [0.15, 0.2) is 0 Å². The third-order valence-corrected chi connectivity index (χ3v) is 5.99. The molecule has 5 aromatic rings. The molecule has 5 rings (SSSR count). The van der Waals surface area contributed by atoms with E-state index >= 15 is 0 Å². The summed E-state index contributed by atoms with van der Waals surface area (Å²) >= 11 is 1.68. The van der Waals surface area contributed by atoms with Crippen molar-refractivity contribution in [1.82, 2.24) is 19.7 Å². The SMILES string of the molecule is Cc1nc2cc(-c3nncn3-c3c(C)cc(-c4ccccc4)cc3C)[c-]cc2s1.[Ir]. The third-order valence-electron chi connectivity index (χ3n) is 5.06. The molecule has 4 nitrogen and oxygen atoms in total. The van der Waals surface area contributed by atoms with Crippen LogP contribution in [-0.4, -0.2) is 19.7 Å². The summed E-state index contributed by atoms with van der Waals surface area (Å²) in [6, 6.07) is 22.3. The fraction of sp³-hybridized carbons (Fsp3) is 0.125. The van der Waals surface area contributed by atoms with Crippen molar-refractivity contribution in [2.24, 2.45) is 0 Å². The smallest absolute Gasteiger partial charge is 0.114 e. The molecule has 0 N–H and O–H groups in total. The molecule has 3 aromatic carbocycles. The molecule has 0 bridgehead atoms. The van der Waals surface area contributed by atoms with Crippen molar-refractivity contribution in [3.05, 3.63) is 83.1 Å². The molecule has 0 aliphatic rings. The van der Waals surface area contributed by atoms with Crippen LogP contribution in [0.2, 0.25) is 0 Å². The average Bonchev–Trinajstić information content (AvgIpc) is 3.33. The molecule has 0 amide bonds. The Morgan fingerprint density at radius 2 is 1.67 bits per heavy atom.